The smallest absolute Gasteiger partial charge is 0.411 e. The summed E-state index contributed by atoms with van der Waals surface area (Å²) in [6.07, 6.45) is 2.49. The lowest BCUT2D eigenvalue weighted by atomic mass is 9.96. The Kier molecular flexibility index (Phi) is 8.67. The first-order valence-electron chi connectivity index (χ1n) is 13.7. The second kappa shape index (κ2) is 12.4. The molecular formula is C30H32ClF2N5O4. The summed E-state index contributed by atoms with van der Waals surface area (Å²) in [7, 11) is 1.29. The zero-order valence-corrected chi connectivity index (χ0v) is 24.1. The molecule has 3 heterocycles. The van der Waals surface area contributed by atoms with Crippen LogP contribution in [0.5, 0.6) is 0 Å². The Bertz CT molecular complexity index is 1510. The van der Waals surface area contributed by atoms with Crippen LogP contribution in [-0.2, 0) is 9.47 Å². The molecule has 12 heteroatoms. The van der Waals surface area contributed by atoms with Gasteiger partial charge in [0.1, 0.15) is 17.7 Å². The number of aromatic amines is 1. The van der Waals surface area contributed by atoms with Gasteiger partial charge in [-0.05, 0) is 49.1 Å². The molecule has 3 aromatic rings. The van der Waals surface area contributed by atoms with Crippen molar-refractivity contribution in [2.45, 2.75) is 51.2 Å². The Morgan fingerprint density at radius 2 is 2.05 bits per heavy atom. The lowest BCUT2D eigenvalue weighted by molar-refractivity contribution is 0.00426. The Labute approximate surface area is 247 Å². The maximum atomic E-state index is 14.7. The van der Waals surface area contributed by atoms with Crippen LogP contribution in [0.25, 0.3) is 11.3 Å². The molecule has 2 aromatic carbocycles. The van der Waals surface area contributed by atoms with E-state index in [0.29, 0.717) is 35.2 Å². The lowest BCUT2D eigenvalue weighted by Gasteiger charge is -2.36. The number of anilines is 2. The maximum absolute atomic E-state index is 14.7. The molecule has 2 aliphatic heterocycles. The van der Waals surface area contributed by atoms with Gasteiger partial charge >= 0.3 is 12.2 Å². The van der Waals surface area contributed by atoms with Gasteiger partial charge in [-0.2, -0.15) is 0 Å². The van der Waals surface area contributed by atoms with Gasteiger partial charge < -0.3 is 19.8 Å². The molecule has 2 bridgehead atoms. The quantitative estimate of drug-likeness (QED) is 0.264. The molecule has 1 aromatic heterocycles. The number of imidazole rings is 1. The average molecular weight is 600 g/mol. The molecule has 222 valence electrons. The number of hydrogen-bond donors (Lipinski definition) is 3. The summed E-state index contributed by atoms with van der Waals surface area (Å²) in [6, 6.07) is 7.12. The second-order valence-corrected chi connectivity index (χ2v) is 11.1. The lowest BCUT2D eigenvalue weighted by Crippen LogP contribution is -2.42. The number of methoxy groups -OCH3 is 1. The maximum Gasteiger partial charge on any atom is 0.411 e. The van der Waals surface area contributed by atoms with Crippen LogP contribution in [0.4, 0.5) is 29.7 Å². The highest BCUT2D eigenvalue weighted by molar-refractivity contribution is 6.30. The number of rotatable bonds is 3. The SMILES string of the molecule is C=C1C[C@@H](C)CCCC(N2CC[C@H](c3c(F)ccc(Cl)c3F)OC2=O)c2ncc([nH]2)-c2ccc(NC(=O)OC)cc2N1. The largest absolute Gasteiger partial charge is 0.453 e. The number of H-pyrrole nitrogens is 1. The van der Waals surface area contributed by atoms with Gasteiger partial charge in [-0.25, -0.2) is 23.4 Å². The molecule has 3 N–H and O–H groups in total. The van der Waals surface area contributed by atoms with Gasteiger partial charge in [-0.1, -0.05) is 37.9 Å². The zero-order valence-electron chi connectivity index (χ0n) is 23.3. The summed E-state index contributed by atoms with van der Waals surface area (Å²) < 4.78 is 39.5. The van der Waals surface area contributed by atoms with Crippen molar-refractivity contribution in [2.24, 2.45) is 5.92 Å². The fourth-order valence-corrected chi connectivity index (χ4v) is 5.72. The molecule has 1 fully saturated rings. The molecule has 2 amide bonds. The highest BCUT2D eigenvalue weighted by atomic mass is 35.5. The Morgan fingerprint density at radius 1 is 1.24 bits per heavy atom. The van der Waals surface area contributed by atoms with E-state index in [1.165, 1.54) is 7.11 Å². The predicted octanol–water partition coefficient (Wildman–Crippen LogP) is 7.95. The monoisotopic (exact) mass is 599 g/mol. The van der Waals surface area contributed by atoms with Gasteiger partial charge in [-0.15, -0.1) is 0 Å². The van der Waals surface area contributed by atoms with Crippen molar-refractivity contribution in [3.63, 3.8) is 0 Å². The van der Waals surface area contributed by atoms with Crippen LogP contribution in [0.2, 0.25) is 5.02 Å². The fourth-order valence-electron chi connectivity index (χ4n) is 5.56. The molecule has 0 aliphatic carbocycles. The number of aromatic nitrogens is 2. The molecular weight excluding hydrogens is 568 g/mol. The van der Waals surface area contributed by atoms with Crippen LogP contribution < -0.4 is 10.6 Å². The van der Waals surface area contributed by atoms with Gasteiger partial charge in [0.25, 0.3) is 0 Å². The number of nitrogens with zero attached hydrogens (tertiary/aromatic N) is 2. The molecule has 0 spiro atoms. The van der Waals surface area contributed by atoms with Crippen molar-refractivity contribution >= 4 is 35.2 Å². The first-order valence-corrected chi connectivity index (χ1v) is 14.1. The minimum Gasteiger partial charge on any atom is -0.453 e. The van der Waals surface area contributed by atoms with E-state index >= 15 is 0 Å². The highest BCUT2D eigenvalue weighted by Gasteiger charge is 2.37. The van der Waals surface area contributed by atoms with E-state index in [1.807, 2.05) is 6.07 Å². The molecule has 9 nitrogen and oxygen atoms in total. The number of ether oxygens (including phenoxy) is 2. The number of carbonyl (C=O) groups is 2. The van der Waals surface area contributed by atoms with Gasteiger partial charge in [0, 0.05) is 35.6 Å². The number of allylic oxidation sites excluding steroid dienone is 1. The summed E-state index contributed by atoms with van der Waals surface area (Å²) in [4.78, 5) is 34.7. The van der Waals surface area contributed by atoms with Gasteiger partial charge in [0.05, 0.1) is 35.6 Å². The third-order valence-electron chi connectivity index (χ3n) is 7.62. The molecule has 1 saturated heterocycles. The molecule has 42 heavy (non-hydrogen) atoms. The zero-order chi connectivity index (χ0) is 30.0. The van der Waals surface area contributed by atoms with E-state index < -0.39 is 36.0 Å². The van der Waals surface area contributed by atoms with Crippen LogP contribution in [-0.4, -0.2) is 40.7 Å². The third-order valence-corrected chi connectivity index (χ3v) is 7.91. The molecule has 2 aliphatic rings. The molecule has 0 saturated carbocycles. The number of cyclic esters (lactones) is 1. The number of halogens is 3. The van der Waals surface area contributed by atoms with E-state index in [4.69, 9.17) is 21.1 Å². The first kappa shape index (κ1) is 29.4. The van der Waals surface area contributed by atoms with Crippen molar-refractivity contribution in [1.29, 1.82) is 0 Å². The van der Waals surface area contributed by atoms with E-state index in [-0.39, 0.29) is 23.6 Å². The van der Waals surface area contributed by atoms with Crippen molar-refractivity contribution < 1.29 is 27.8 Å². The second-order valence-electron chi connectivity index (χ2n) is 10.7. The summed E-state index contributed by atoms with van der Waals surface area (Å²) in [6.45, 7) is 6.55. The number of hydrogen-bond acceptors (Lipinski definition) is 6. The number of carbonyl (C=O) groups excluding carboxylic acids is 2. The summed E-state index contributed by atoms with van der Waals surface area (Å²) in [5.74, 6) is -0.875. The van der Waals surface area contributed by atoms with Crippen LogP contribution in [0.1, 0.15) is 62.6 Å². The molecule has 5 rings (SSSR count). The average Bonchev–Trinajstić information content (AvgIpc) is 3.43. The minimum atomic E-state index is -1.09. The Hall–Kier alpha value is -4.12. The van der Waals surface area contributed by atoms with Crippen LogP contribution >= 0.6 is 11.6 Å². The van der Waals surface area contributed by atoms with Gasteiger partial charge in [0.2, 0.25) is 0 Å². The van der Waals surface area contributed by atoms with Crippen molar-refractivity contribution in [3.05, 3.63) is 76.8 Å². The number of nitrogens with one attached hydrogen (secondary N) is 3. The van der Waals surface area contributed by atoms with Crippen molar-refractivity contribution in [1.82, 2.24) is 14.9 Å². The van der Waals surface area contributed by atoms with Crippen molar-refractivity contribution in [3.8, 4) is 11.3 Å². The van der Waals surface area contributed by atoms with Crippen LogP contribution in [0, 0.1) is 17.6 Å². The van der Waals surface area contributed by atoms with E-state index in [2.05, 4.69) is 34.1 Å². The molecule has 1 unspecified atom stereocenters. The number of benzene rings is 2. The fraction of sp³-hybridized carbons (Fsp3) is 0.367. The Morgan fingerprint density at radius 3 is 2.81 bits per heavy atom. The third kappa shape index (κ3) is 6.20. The summed E-state index contributed by atoms with van der Waals surface area (Å²) in [5.41, 5.74) is 3.19. The Balaban J connectivity index is 1.45. The number of amides is 2. The predicted molar refractivity (Wildman–Crippen MR) is 155 cm³/mol. The van der Waals surface area contributed by atoms with E-state index in [0.717, 1.165) is 42.7 Å². The standard InChI is InChI=1S/C30H32ClF2N5O4/c1-16-5-4-6-24(38-12-11-25(42-30(38)40)26-21(32)10-9-20(31)27(26)33)28-34-15-23(37-28)19-8-7-18(36-29(39)41-3)14-22(19)35-17(2)13-16/h7-10,14-16,24-25,35H,2,4-6,11-13H2,1,3H3,(H,34,37)(H,36,39)/t16-,24?,25+/m0/s1. The van der Waals surface area contributed by atoms with Crippen LogP contribution in [0.15, 0.2) is 48.8 Å². The van der Waals surface area contributed by atoms with Gasteiger partial charge in [-0.3, -0.25) is 10.2 Å². The number of fused-ring (bicyclic) bond motifs is 4. The normalized spacial score (nSPS) is 21.2. The minimum absolute atomic E-state index is 0.183. The van der Waals surface area contributed by atoms with E-state index in [9.17, 15) is 18.4 Å². The van der Waals surface area contributed by atoms with E-state index in [1.54, 1.807) is 23.2 Å². The molecule has 0 radical (unpaired) electrons. The highest BCUT2D eigenvalue weighted by Crippen LogP contribution is 2.39. The summed E-state index contributed by atoms with van der Waals surface area (Å²) >= 11 is 5.87. The summed E-state index contributed by atoms with van der Waals surface area (Å²) in [5, 5.41) is 5.83. The first-order chi connectivity index (χ1) is 20.1. The van der Waals surface area contributed by atoms with Crippen LogP contribution in [0.3, 0.4) is 0 Å². The van der Waals surface area contributed by atoms with Gasteiger partial charge in [0.15, 0.2) is 5.82 Å². The topological polar surface area (TPSA) is 109 Å². The molecule has 3 atom stereocenters. The van der Waals surface area contributed by atoms with Crippen molar-refractivity contribution in [2.75, 3.05) is 24.3 Å².